The molecular formula is C13H16FN3O3. The summed E-state index contributed by atoms with van der Waals surface area (Å²) in [5.41, 5.74) is 0.650. The van der Waals surface area contributed by atoms with Crippen molar-refractivity contribution in [2.45, 2.75) is 6.92 Å². The molecule has 1 aromatic rings. The maximum atomic E-state index is 13.2. The van der Waals surface area contributed by atoms with Crippen molar-refractivity contribution in [3.05, 3.63) is 29.6 Å². The van der Waals surface area contributed by atoms with Gasteiger partial charge < -0.3 is 20.2 Å². The van der Waals surface area contributed by atoms with Crippen LogP contribution in [0.1, 0.15) is 12.5 Å². The predicted molar refractivity (Wildman–Crippen MR) is 70.9 cm³/mol. The maximum absolute atomic E-state index is 13.2. The zero-order chi connectivity index (χ0) is 14.5. The highest BCUT2D eigenvalue weighted by atomic mass is 19.1. The van der Waals surface area contributed by atoms with Gasteiger partial charge in [0, 0.05) is 18.7 Å². The molecule has 0 spiro atoms. The van der Waals surface area contributed by atoms with Crippen LogP contribution in [0.15, 0.2) is 23.4 Å². The Kier molecular flexibility index (Phi) is 4.39. The molecule has 1 aromatic carbocycles. The quantitative estimate of drug-likeness (QED) is 0.487. The summed E-state index contributed by atoms with van der Waals surface area (Å²) in [5.74, 6) is -0.0180. The van der Waals surface area contributed by atoms with Crippen LogP contribution in [0.3, 0.4) is 0 Å². The number of halogens is 1. The van der Waals surface area contributed by atoms with Crippen LogP contribution in [-0.2, 0) is 0 Å². The van der Waals surface area contributed by atoms with Gasteiger partial charge in [0.15, 0.2) is 0 Å². The molecule has 0 bridgehead atoms. The Labute approximate surface area is 115 Å². The summed E-state index contributed by atoms with van der Waals surface area (Å²) in [6, 6.07) is 3.88. The molecule has 6 nitrogen and oxygen atoms in total. The third-order valence-electron chi connectivity index (χ3n) is 3.05. The molecule has 0 saturated carbocycles. The van der Waals surface area contributed by atoms with Crippen molar-refractivity contribution < 1.29 is 19.1 Å². The fourth-order valence-electron chi connectivity index (χ4n) is 1.95. The zero-order valence-electron chi connectivity index (χ0n) is 11.1. The van der Waals surface area contributed by atoms with E-state index in [-0.39, 0.29) is 18.3 Å². The monoisotopic (exact) mass is 281 g/mol. The molecule has 2 rings (SSSR count). The average molecular weight is 281 g/mol. The van der Waals surface area contributed by atoms with Gasteiger partial charge in [0.1, 0.15) is 18.2 Å². The first kappa shape index (κ1) is 14.1. The highest BCUT2D eigenvalue weighted by molar-refractivity contribution is 6.00. The lowest BCUT2D eigenvalue weighted by molar-refractivity contribution is 0.202. The van der Waals surface area contributed by atoms with Gasteiger partial charge in [0.05, 0.1) is 12.3 Å². The molecule has 7 heteroatoms. The molecule has 0 aliphatic carbocycles. The van der Waals surface area contributed by atoms with Gasteiger partial charge in [0.2, 0.25) is 0 Å². The van der Waals surface area contributed by atoms with Crippen LogP contribution in [0.4, 0.5) is 9.18 Å². The predicted octanol–water partition coefficient (Wildman–Crippen LogP) is 1.43. The molecule has 1 aliphatic heterocycles. The lowest BCUT2D eigenvalue weighted by Crippen LogP contribution is -2.32. The number of rotatable bonds is 5. The second-order valence-corrected chi connectivity index (χ2v) is 4.39. The lowest BCUT2D eigenvalue weighted by atomic mass is 10.1. The number of amides is 2. The number of ether oxygens (including phenoxy) is 1. The highest BCUT2D eigenvalue weighted by Crippen LogP contribution is 2.20. The minimum absolute atomic E-state index is 0.110. The molecule has 0 unspecified atom stereocenters. The van der Waals surface area contributed by atoms with Crippen molar-refractivity contribution in [1.29, 1.82) is 0 Å². The van der Waals surface area contributed by atoms with Crippen molar-refractivity contribution in [3.8, 4) is 5.75 Å². The summed E-state index contributed by atoms with van der Waals surface area (Å²) < 4.78 is 18.8. The number of benzene rings is 1. The van der Waals surface area contributed by atoms with E-state index in [1.165, 1.54) is 18.2 Å². The first-order valence-electron chi connectivity index (χ1n) is 6.26. The smallest absolute Gasteiger partial charge is 0.317 e. The maximum Gasteiger partial charge on any atom is 0.317 e. The van der Waals surface area contributed by atoms with Crippen LogP contribution in [0, 0.1) is 5.82 Å². The largest absolute Gasteiger partial charge is 0.491 e. The Hall–Kier alpha value is -2.31. The molecule has 0 radical (unpaired) electrons. The molecule has 1 aliphatic rings. The molecule has 0 aromatic heterocycles. The van der Waals surface area contributed by atoms with E-state index >= 15 is 0 Å². The number of nitrogens with zero attached hydrogens (tertiary/aromatic N) is 2. The minimum atomic E-state index is -0.436. The Bertz CT molecular complexity index is 534. The number of carbonyl (C=O) groups is 1. The van der Waals surface area contributed by atoms with E-state index in [2.05, 4.69) is 10.5 Å². The van der Waals surface area contributed by atoms with Gasteiger partial charge >= 0.3 is 6.03 Å². The SMILES string of the molecule is C/C(=N/O)c1cc(F)ccc1OCCN1CCNC1=O. The average Bonchev–Trinajstić information content (AvgIpc) is 2.85. The summed E-state index contributed by atoms with van der Waals surface area (Å²) in [4.78, 5) is 13.0. The molecule has 1 heterocycles. The third kappa shape index (κ3) is 3.17. The van der Waals surface area contributed by atoms with Crippen LogP contribution in [0.25, 0.3) is 0 Å². The Morgan fingerprint density at radius 1 is 1.60 bits per heavy atom. The highest BCUT2D eigenvalue weighted by Gasteiger charge is 2.19. The lowest BCUT2D eigenvalue weighted by Gasteiger charge is -2.16. The van der Waals surface area contributed by atoms with Gasteiger partial charge in [-0.3, -0.25) is 0 Å². The third-order valence-corrected chi connectivity index (χ3v) is 3.05. The summed E-state index contributed by atoms with van der Waals surface area (Å²) in [7, 11) is 0. The normalized spacial score (nSPS) is 15.4. The van der Waals surface area contributed by atoms with Crippen LogP contribution in [0.2, 0.25) is 0 Å². The van der Waals surface area contributed by atoms with E-state index in [0.29, 0.717) is 30.9 Å². The van der Waals surface area contributed by atoms with E-state index < -0.39 is 5.82 Å². The fourth-order valence-corrected chi connectivity index (χ4v) is 1.95. The standard InChI is InChI=1S/C13H16FN3O3/c1-9(16-19)11-8-10(14)2-3-12(11)20-7-6-17-5-4-15-13(17)18/h2-3,8,19H,4-7H2,1H3,(H,15,18)/b16-9-. The number of urea groups is 1. The van der Waals surface area contributed by atoms with Gasteiger partial charge in [-0.15, -0.1) is 0 Å². The van der Waals surface area contributed by atoms with Gasteiger partial charge in [-0.1, -0.05) is 5.16 Å². The van der Waals surface area contributed by atoms with Crippen molar-refractivity contribution in [3.63, 3.8) is 0 Å². The summed E-state index contributed by atoms with van der Waals surface area (Å²) in [6.45, 7) is 3.56. The van der Waals surface area contributed by atoms with E-state index in [9.17, 15) is 9.18 Å². The molecule has 1 fully saturated rings. The second-order valence-electron chi connectivity index (χ2n) is 4.39. The minimum Gasteiger partial charge on any atom is -0.491 e. The molecular weight excluding hydrogens is 265 g/mol. The molecule has 2 amide bonds. The number of oxime groups is 1. The van der Waals surface area contributed by atoms with Crippen LogP contribution >= 0.6 is 0 Å². The van der Waals surface area contributed by atoms with Gasteiger partial charge in [-0.05, 0) is 25.1 Å². The zero-order valence-corrected chi connectivity index (χ0v) is 11.1. The fraction of sp³-hybridized carbons (Fsp3) is 0.385. The molecule has 20 heavy (non-hydrogen) atoms. The summed E-state index contributed by atoms with van der Waals surface area (Å²) in [5, 5.41) is 14.5. The molecule has 1 saturated heterocycles. The van der Waals surface area contributed by atoms with Gasteiger partial charge in [-0.25, -0.2) is 9.18 Å². The Morgan fingerprint density at radius 3 is 3.05 bits per heavy atom. The summed E-state index contributed by atoms with van der Waals surface area (Å²) in [6.07, 6.45) is 0. The van der Waals surface area contributed by atoms with Gasteiger partial charge in [-0.2, -0.15) is 0 Å². The molecule has 2 N–H and O–H groups in total. The first-order chi connectivity index (χ1) is 9.61. The number of hydrogen-bond acceptors (Lipinski definition) is 4. The first-order valence-corrected chi connectivity index (χ1v) is 6.26. The second kappa shape index (κ2) is 6.23. The van der Waals surface area contributed by atoms with Crippen LogP contribution in [-0.4, -0.2) is 48.1 Å². The Balaban J connectivity index is 2.00. The van der Waals surface area contributed by atoms with Crippen molar-refractivity contribution in [2.75, 3.05) is 26.2 Å². The van der Waals surface area contributed by atoms with E-state index in [1.807, 2.05) is 0 Å². The van der Waals surface area contributed by atoms with Crippen molar-refractivity contribution in [1.82, 2.24) is 10.2 Å². The van der Waals surface area contributed by atoms with Crippen molar-refractivity contribution >= 4 is 11.7 Å². The molecule has 0 atom stereocenters. The van der Waals surface area contributed by atoms with Crippen LogP contribution in [0.5, 0.6) is 5.75 Å². The Morgan fingerprint density at radius 2 is 2.40 bits per heavy atom. The van der Waals surface area contributed by atoms with E-state index in [4.69, 9.17) is 9.94 Å². The number of hydrogen-bond donors (Lipinski definition) is 2. The van der Waals surface area contributed by atoms with Gasteiger partial charge in [0.25, 0.3) is 0 Å². The van der Waals surface area contributed by atoms with E-state index in [1.54, 1.807) is 11.8 Å². The summed E-state index contributed by atoms with van der Waals surface area (Å²) >= 11 is 0. The number of nitrogens with one attached hydrogen (secondary N) is 1. The molecule has 108 valence electrons. The van der Waals surface area contributed by atoms with Crippen molar-refractivity contribution in [2.24, 2.45) is 5.16 Å². The number of carbonyl (C=O) groups excluding carboxylic acids is 1. The topological polar surface area (TPSA) is 74.2 Å². The van der Waals surface area contributed by atoms with E-state index in [0.717, 1.165) is 0 Å². The van der Waals surface area contributed by atoms with Crippen LogP contribution < -0.4 is 10.1 Å².